The maximum absolute atomic E-state index is 12.3. The molecule has 1 aromatic rings. The smallest absolute Gasteiger partial charge is 0.243 e. The van der Waals surface area contributed by atoms with Crippen molar-refractivity contribution in [3.8, 4) is 0 Å². The first-order valence-corrected chi connectivity index (χ1v) is 7.70. The van der Waals surface area contributed by atoms with Crippen LogP contribution in [0, 0.1) is 6.92 Å². The Hall–Kier alpha value is -0.910. The number of aryl methyl sites for hydroxylation is 1. The van der Waals surface area contributed by atoms with Crippen molar-refractivity contribution < 1.29 is 13.2 Å². The summed E-state index contributed by atoms with van der Waals surface area (Å²) < 4.78 is 31.2. The van der Waals surface area contributed by atoms with E-state index in [9.17, 15) is 8.42 Å². The van der Waals surface area contributed by atoms with Gasteiger partial charge in [-0.15, -0.1) is 0 Å². The Morgan fingerprint density at radius 3 is 2.22 bits per heavy atom. The topological polar surface area (TPSA) is 46.6 Å². The van der Waals surface area contributed by atoms with Crippen LogP contribution in [0.3, 0.4) is 0 Å². The van der Waals surface area contributed by atoms with Crippen molar-refractivity contribution in [2.45, 2.75) is 25.7 Å². The van der Waals surface area contributed by atoms with Gasteiger partial charge in [-0.2, -0.15) is 4.31 Å². The fraction of sp³-hybridized carbons (Fsp3) is 0.538. The molecule has 0 aliphatic carbocycles. The lowest BCUT2D eigenvalue weighted by Crippen LogP contribution is -2.40. The predicted octanol–water partition coefficient (Wildman–Crippen LogP) is 2.04. The third-order valence-corrected chi connectivity index (χ3v) is 4.74. The van der Waals surface area contributed by atoms with Gasteiger partial charge in [-0.3, -0.25) is 0 Å². The fourth-order valence-corrected chi connectivity index (χ4v) is 3.41. The van der Waals surface area contributed by atoms with Crippen LogP contribution in [0.5, 0.6) is 0 Å². The largest absolute Gasteiger partial charge is 0.379 e. The van der Waals surface area contributed by atoms with E-state index in [0.29, 0.717) is 31.2 Å². The standard InChI is InChI=1S/C11H15NO3S.C2H6/c1-10-4-2-3-5-11(10)16(13,14)12-6-8-15-9-7-12;1-2/h2-5H,6-9H2,1H3;1-2H3. The van der Waals surface area contributed by atoms with Crippen molar-refractivity contribution in [1.82, 2.24) is 4.31 Å². The molecule has 0 aromatic heterocycles. The number of hydrogen-bond acceptors (Lipinski definition) is 3. The minimum absolute atomic E-state index is 0.400. The molecule has 1 aliphatic heterocycles. The Morgan fingerprint density at radius 2 is 1.67 bits per heavy atom. The molecule has 4 nitrogen and oxygen atoms in total. The Labute approximate surface area is 110 Å². The van der Waals surface area contributed by atoms with E-state index >= 15 is 0 Å². The second-order valence-electron chi connectivity index (χ2n) is 3.78. The minimum Gasteiger partial charge on any atom is -0.379 e. The van der Waals surface area contributed by atoms with E-state index in [1.54, 1.807) is 12.1 Å². The highest BCUT2D eigenvalue weighted by Crippen LogP contribution is 2.20. The van der Waals surface area contributed by atoms with Crippen molar-refractivity contribution in [3.63, 3.8) is 0 Å². The van der Waals surface area contributed by atoms with Gasteiger partial charge in [0, 0.05) is 13.1 Å². The lowest BCUT2D eigenvalue weighted by molar-refractivity contribution is 0.0730. The fourth-order valence-electron chi connectivity index (χ4n) is 1.77. The number of rotatable bonds is 2. The van der Waals surface area contributed by atoms with E-state index in [2.05, 4.69) is 0 Å². The highest BCUT2D eigenvalue weighted by Gasteiger charge is 2.27. The molecule has 2 rings (SSSR count). The highest BCUT2D eigenvalue weighted by atomic mass is 32.2. The predicted molar refractivity (Wildman–Crippen MR) is 72.1 cm³/mol. The lowest BCUT2D eigenvalue weighted by Gasteiger charge is -2.26. The van der Waals surface area contributed by atoms with Crippen molar-refractivity contribution in [3.05, 3.63) is 29.8 Å². The summed E-state index contributed by atoms with van der Waals surface area (Å²) in [5, 5.41) is 0. The normalized spacial score (nSPS) is 16.8. The molecule has 1 aliphatic rings. The lowest BCUT2D eigenvalue weighted by atomic mass is 10.2. The van der Waals surface area contributed by atoms with Gasteiger partial charge in [0.1, 0.15) is 0 Å². The molecular formula is C13H21NO3S. The molecular weight excluding hydrogens is 250 g/mol. The van der Waals surface area contributed by atoms with Gasteiger partial charge in [0.2, 0.25) is 10.0 Å². The van der Waals surface area contributed by atoms with Gasteiger partial charge in [0.05, 0.1) is 18.1 Å². The van der Waals surface area contributed by atoms with Crippen LogP contribution in [0.2, 0.25) is 0 Å². The van der Waals surface area contributed by atoms with Crippen LogP contribution in [0.4, 0.5) is 0 Å². The van der Waals surface area contributed by atoms with Crippen molar-refractivity contribution in [2.24, 2.45) is 0 Å². The summed E-state index contributed by atoms with van der Waals surface area (Å²) in [5.41, 5.74) is 0.786. The molecule has 1 aromatic carbocycles. The van der Waals surface area contributed by atoms with Crippen LogP contribution >= 0.6 is 0 Å². The van der Waals surface area contributed by atoms with Gasteiger partial charge in [-0.25, -0.2) is 8.42 Å². The van der Waals surface area contributed by atoms with Crippen LogP contribution in [0.15, 0.2) is 29.2 Å². The molecule has 102 valence electrons. The summed E-state index contributed by atoms with van der Waals surface area (Å²) >= 11 is 0. The molecule has 0 radical (unpaired) electrons. The zero-order valence-corrected chi connectivity index (χ0v) is 12.0. The molecule has 0 unspecified atom stereocenters. The van der Waals surface area contributed by atoms with Crippen LogP contribution in [0.25, 0.3) is 0 Å². The van der Waals surface area contributed by atoms with E-state index in [4.69, 9.17) is 4.74 Å². The molecule has 1 heterocycles. The summed E-state index contributed by atoms with van der Waals surface area (Å²) in [6, 6.07) is 7.06. The number of sulfonamides is 1. The van der Waals surface area contributed by atoms with Crippen LogP contribution < -0.4 is 0 Å². The number of hydrogen-bond donors (Lipinski definition) is 0. The number of ether oxygens (including phenoxy) is 1. The summed E-state index contributed by atoms with van der Waals surface area (Å²) in [4.78, 5) is 0.400. The summed E-state index contributed by atoms with van der Waals surface area (Å²) in [7, 11) is -3.34. The van der Waals surface area contributed by atoms with E-state index in [1.807, 2.05) is 32.9 Å². The quantitative estimate of drug-likeness (QED) is 0.827. The first kappa shape index (κ1) is 15.1. The maximum Gasteiger partial charge on any atom is 0.243 e. The third kappa shape index (κ3) is 3.31. The van der Waals surface area contributed by atoms with Crippen LogP contribution in [-0.2, 0) is 14.8 Å². The first-order valence-electron chi connectivity index (χ1n) is 6.26. The van der Waals surface area contributed by atoms with Gasteiger partial charge < -0.3 is 4.74 Å². The van der Waals surface area contributed by atoms with Crippen LogP contribution in [-0.4, -0.2) is 39.0 Å². The highest BCUT2D eigenvalue weighted by molar-refractivity contribution is 7.89. The Kier molecular flexibility index (Phi) is 5.78. The van der Waals surface area contributed by atoms with Gasteiger partial charge in [-0.05, 0) is 18.6 Å². The van der Waals surface area contributed by atoms with Gasteiger partial charge in [-0.1, -0.05) is 32.0 Å². The molecule has 1 saturated heterocycles. The molecule has 0 bridgehead atoms. The van der Waals surface area contributed by atoms with E-state index in [0.717, 1.165) is 5.56 Å². The molecule has 18 heavy (non-hydrogen) atoms. The second kappa shape index (κ2) is 6.87. The summed E-state index contributed by atoms with van der Waals surface area (Å²) in [5.74, 6) is 0. The second-order valence-corrected chi connectivity index (χ2v) is 5.69. The monoisotopic (exact) mass is 271 g/mol. The molecule has 0 N–H and O–H groups in total. The Bertz CT molecular complexity index is 465. The van der Waals surface area contributed by atoms with E-state index in [-0.39, 0.29) is 0 Å². The first-order chi connectivity index (χ1) is 8.62. The maximum atomic E-state index is 12.3. The Balaban J connectivity index is 0.000000771. The molecule has 0 atom stereocenters. The zero-order chi connectivity index (χ0) is 13.6. The number of benzene rings is 1. The van der Waals surface area contributed by atoms with Gasteiger partial charge in [0.15, 0.2) is 0 Å². The molecule has 0 amide bonds. The van der Waals surface area contributed by atoms with Gasteiger partial charge >= 0.3 is 0 Å². The van der Waals surface area contributed by atoms with Crippen molar-refractivity contribution in [1.29, 1.82) is 0 Å². The van der Waals surface area contributed by atoms with Crippen molar-refractivity contribution >= 4 is 10.0 Å². The molecule has 1 fully saturated rings. The number of nitrogens with zero attached hydrogens (tertiary/aromatic N) is 1. The average Bonchev–Trinajstić information content (AvgIpc) is 2.42. The Morgan fingerprint density at radius 1 is 1.11 bits per heavy atom. The molecule has 0 spiro atoms. The minimum atomic E-state index is -3.34. The third-order valence-electron chi connectivity index (χ3n) is 2.68. The van der Waals surface area contributed by atoms with Crippen molar-refractivity contribution in [2.75, 3.05) is 26.3 Å². The summed E-state index contributed by atoms with van der Waals surface area (Å²) in [6.45, 7) is 7.65. The van der Waals surface area contributed by atoms with E-state index < -0.39 is 10.0 Å². The SMILES string of the molecule is CC.Cc1ccccc1S(=O)(=O)N1CCOCC1. The number of morpholine rings is 1. The van der Waals surface area contributed by atoms with Gasteiger partial charge in [0.25, 0.3) is 0 Å². The molecule has 5 heteroatoms. The van der Waals surface area contributed by atoms with Crippen LogP contribution in [0.1, 0.15) is 19.4 Å². The van der Waals surface area contributed by atoms with E-state index in [1.165, 1.54) is 4.31 Å². The summed E-state index contributed by atoms with van der Waals surface area (Å²) in [6.07, 6.45) is 0. The molecule has 0 saturated carbocycles. The zero-order valence-electron chi connectivity index (χ0n) is 11.2. The average molecular weight is 271 g/mol.